The van der Waals surface area contributed by atoms with Crippen molar-refractivity contribution in [1.29, 1.82) is 0 Å². The number of Topliss-reactive ketones (excluding diaryl/α,β-unsaturated/α-hetero) is 1. The van der Waals surface area contributed by atoms with Crippen molar-refractivity contribution in [2.45, 2.75) is 81.8 Å². The van der Waals surface area contributed by atoms with Gasteiger partial charge in [-0.2, -0.15) is 0 Å². The largest absolute Gasteiger partial charge is 0.393 e. The third kappa shape index (κ3) is 2.70. The number of fused-ring (bicyclic) bond motifs is 7. The van der Waals surface area contributed by atoms with Crippen LogP contribution >= 0.6 is 15.9 Å². The lowest BCUT2D eigenvalue weighted by atomic mass is 9.46. The predicted octanol–water partition coefficient (Wildman–Crippen LogP) is 3.97. The van der Waals surface area contributed by atoms with E-state index in [1.54, 1.807) is 19.9 Å². The highest BCUT2D eigenvalue weighted by Gasteiger charge is 2.77. The van der Waals surface area contributed by atoms with Crippen LogP contribution < -0.4 is 0 Å². The van der Waals surface area contributed by atoms with Gasteiger partial charge >= 0.3 is 0 Å². The van der Waals surface area contributed by atoms with Crippen LogP contribution in [-0.4, -0.2) is 51.5 Å². The number of aliphatic hydroxyl groups excluding tert-OH is 1. The fourth-order valence-electron chi connectivity index (χ4n) is 8.03. The van der Waals surface area contributed by atoms with E-state index in [1.165, 1.54) is 12.2 Å². The first kappa shape index (κ1) is 22.8. The van der Waals surface area contributed by atoms with E-state index in [-0.39, 0.29) is 36.4 Å². The zero-order valence-corrected chi connectivity index (χ0v) is 20.2. The first-order valence-electron chi connectivity index (χ1n) is 11.2. The molecule has 5 nitrogen and oxygen atoms in total. The van der Waals surface area contributed by atoms with Gasteiger partial charge in [0.05, 0.1) is 12.2 Å². The summed E-state index contributed by atoms with van der Waals surface area (Å²) in [6, 6.07) is 0. The van der Waals surface area contributed by atoms with Crippen LogP contribution in [0, 0.1) is 28.6 Å². The highest BCUT2D eigenvalue weighted by atomic mass is 79.9. The van der Waals surface area contributed by atoms with Gasteiger partial charge < -0.3 is 14.6 Å². The van der Waals surface area contributed by atoms with Gasteiger partial charge in [-0.3, -0.25) is 9.59 Å². The van der Waals surface area contributed by atoms with E-state index in [9.17, 15) is 19.1 Å². The average molecular weight is 515 g/mol. The molecule has 32 heavy (non-hydrogen) atoms. The van der Waals surface area contributed by atoms with E-state index in [0.717, 1.165) is 0 Å². The summed E-state index contributed by atoms with van der Waals surface area (Å²) in [7, 11) is 0. The number of rotatable bonds is 2. The molecule has 0 aromatic carbocycles. The SMILES string of the molecule is CC1(C)O[C@@H]2C[C@H]3[C@@H]4C[C@H](F)C5=CC(=O)C=C[C@]5(C)[C@H]4[C@@H](O)C[C@]3(C)[C@]2(C(=O)C(F)Br)O1. The third-order valence-corrected chi connectivity index (χ3v) is 9.45. The number of hydrogen-bond acceptors (Lipinski definition) is 5. The van der Waals surface area contributed by atoms with Gasteiger partial charge in [-0.25, -0.2) is 8.78 Å². The molecule has 4 fully saturated rings. The highest BCUT2D eigenvalue weighted by Crippen LogP contribution is 2.70. The van der Waals surface area contributed by atoms with Crippen molar-refractivity contribution in [3.8, 4) is 0 Å². The second-order valence-corrected chi connectivity index (χ2v) is 11.9. The predicted molar refractivity (Wildman–Crippen MR) is 115 cm³/mol. The van der Waals surface area contributed by atoms with Crippen LogP contribution in [0.3, 0.4) is 0 Å². The molecule has 0 aromatic rings. The molecule has 0 amide bonds. The molecular weight excluding hydrogens is 486 g/mol. The van der Waals surface area contributed by atoms with Crippen molar-refractivity contribution in [2.75, 3.05) is 0 Å². The smallest absolute Gasteiger partial charge is 0.215 e. The Hall–Kier alpha value is -0.960. The van der Waals surface area contributed by atoms with Crippen molar-refractivity contribution < 1.29 is 33.0 Å². The molecule has 1 heterocycles. The van der Waals surface area contributed by atoms with Crippen molar-refractivity contribution in [3.05, 3.63) is 23.8 Å². The number of ketones is 2. The van der Waals surface area contributed by atoms with Gasteiger partial charge in [-0.15, -0.1) is 0 Å². The van der Waals surface area contributed by atoms with Gasteiger partial charge in [-0.1, -0.05) is 19.9 Å². The third-order valence-electron chi connectivity index (χ3n) is 9.03. The number of carbonyl (C=O) groups excluding carboxylic acids is 2. The standard InChI is InChI=1S/C24H29BrF2O5/c1-21(2)31-17-9-13-12-8-15(26)14-7-11(28)5-6-22(14,3)18(12)16(29)10-23(13,4)24(17,32-21)19(30)20(25)27/h5-7,12-13,15-18,20,29H,8-10H2,1-4H3/t12-,13-,15-,16-,17+,18+,20?,22-,23-,24-/m0/s1. The maximum atomic E-state index is 15.5. The fraction of sp³-hybridized carbons (Fsp3) is 0.750. The summed E-state index contributed by atoms with van der Waals surface area (Å²) in [4.78, 5) is 25.3. The second-order valence-electron chi connectivity index (χ2n) is 11.1. The van der Waals surface area contributed by atoms with E-state index in [0.29, 0.717) is 12.0 Å². The van der Waals surface area contributed by atoms with Crippen LogP contribution in [0.1, 0.15) is 47.0 Å². The van der Waals surface area contributed by atoms with Gasteiger partial charge in [-0.05, 0) is 78.6 Å². The maximum Gasteiger partial charge on any atom is 0.215 e. The van der Waals surface area contributed by atoms with Crippen LogP contribution in [-0.2, 0) is 19.1 Å². The van der Waals surface area contributed by atoms with Crippen LogP contribution in [0.25, 0.3) is 0 Å². The minimum atomic E-state index is -1.94. The molecule has 0 aromatic heterocycles. The fourth-order valence-corrected chi connectivity index (χ4v) is 8.37. The van der Waals surface area contributed by atoms with Crippen LogP contribution in [0.4, 0.5) is 8.78 Å². The number of allylic oxidation sites excluding steroid dienone is 4. The van der Waals surface area contributed by atoms with E-state index in [1.807, 2.05) is 13.8 Å². The van der Waals surface area contributed by atoms with Gasteiger partial charge in [0.2, 0.25) is 10.9 Å². The lowest BCUT2D eigenvalue weighted by Gasteiger charge is -2.60. The van der Waals surface area contributed by atoms with Gasteiger partial charge in [0.1, 0.15) is 6.17 Å². The molecule has 176 valence electrons. The zero-order chi connectivity index (χ0) is 23.4. The molecule has 1 aliphatic heterocycles. The minimum absolute atomic E-state index is 0.137. The molecule has 10 atom stereocenters. The summed E-state index contributed by atoms with van der Waals surface area (Å²) in [5.74, 6) is -2.89. The first-order chi connectivity index (χ1) is 14.8. The summed E-state index contributed by atoms with van der Waals surface area (Å²) in [6.07, 6.45) is 2.38. The Morgan fingerprint density at radius 3 is 2.62 bits per heavy atom. The number of halogens is 3. The molecule has 4 aliphatic carbocycles. The van der Waals surface area contributed by atoms with E-state index in [4.69, 9.17) is 9.47 Å². The Bertz CT molecular complexity index is 947. The van der Waals surface area contributed by atoms with E-state index >= 15 is 4.39 Å². The second kappa shape index (κ2) is 6.80. The quantitative estimate of drug-likeness (QED) is 0.564. The minimum Gasteiger partial charge on any atom is -0.393 e. The summed E-state index contributed by atoms with van der Waals surface area (Å²) < 4.78 is 42.3. The van der Waals surface area contributed by atoms with Gasteiger partial charge in [0.25, 0.3) is 0 Å². The lowest BCUT2D eigenvalue weighted by molar-refractivity contribution is -0.226. The number of carbonyl (C=O) groups is 2. The number of hydrogen-bond donors (Lipinski definition) is 1. The Morgan fingerprint density at radius 1 is 1.28 bits per heavy atom. The Labute approximate surface area is 194 Å². The number of aliphatic hydroxyl groups is 1. The number of alkyl halides is 3. The van der Waals surface area contributed by atoms with Crippen molar-refractivity contribution >= 4 is 27.5 Å². The molecular formula is C24H29BrF2O5. The topological polar surface area (TPSA) is 72.8 Å². The molecule has 1 N–H and O–H groups in total. The molecule has 5 aliphatic rings. The molecule has 1 saturated heterocycles. The summed E-state index contributed by atoms with van der Waals surface area (Å²) in [5.41, 5.74) is -2.90. The Morgan fingerprint density at radius 2 is 1.97 bits per heavy atom. The molecule has 0 spiro atoms. The summed E-state index contributed by atoms with van der Waals surface area (Å²) in [6.45, 7) is 7.13. The van der Waals surface area contributed by atoms with Crippen LogP contribution in [0.2, 0.25) is 0 Å². The van der Waals surface area contributed by atoms with Gasteiger partial charge in [0.15, 0.2) is 17.2 Å². The van der Waals surface area contributed by atoms with E-state index in [2.05, 4.69) is 15.9 Å². The molecule has 0 radical (unpaired) electrons. The monoisotopic (exact) mass is 514 g/mol. The summed E-state index contributed by atoms with van der Waals surface area (Å²) >= 11 is 2.79. The Kier molecular flexibility index (Phi) is 4.85. The molecule has 3 saturated carbocycles. The van der Waals surface area contributed by atoms with Gasteiger partial charge in [0, 0.05) is 16.7 Å². The van der Waals surface area contributed by atoms with Crippen LogP contribution in [0.15, 0.2) is 23.8 Å². The zero-order valence-electron chi connectivity index (χ0n) is 18.6. The van der Waals surface area contributed by atoms with Crippen LogP contribution in [0.5, 0.6) is 0 Å². The van der Waals surface area contributed by atoms with E-state index < -0.39 is 51.5 Å². The molecule has 8 heteroatoms. The average Bonchev–Trinajstić information content (AvgIpc) is 3.08. The Balaban J connectivity index is 1.62. The highest BCUT2D eigenvalue weighted by molar-refractivity contribution is 9.09. The molecule has 5 rings (SSSR count). The van der Waals surface area contributed by atoms with Crippen molar-refractivity contribution in [1.82, 2.24) is 0 Å². The molecule has 1 unspecified atom stereocenters. The van der Waals surface area contributed by atoms with Crippen molar-refractivity contribution in [2.24, 2.45) is 28.6 Å². The molecule has 0 bridgehead atoms. The first-order valence-corrected chi connectivity index (χ1v) is 12.2. The number of ether oxygens (including phenoxy) is 2. The normalized spacial score (nSPS) is 51.9. The van der Waals surface area contributed by atoms with Crippen molar-refractivity contribution in [3.63, 3.8) is 0 Å². The maximum absolute atomic E-state index is 15.5. The lowest BCUT2D eigenvalue weighted by Crippen LogP contribution is -2.65. The summed E-state index contributed by atoms with van der Waals surface area (Å²) in [5, 5.41) is 9.54.